The fourth-order valence-electron chi connectivity index (χ4n) is 3.56. The number of hydrogen-bond acceptors (Lipinski definition) is 2. The summed E-state index contributed by atoms with van der Waals surface area (Å²) >= 11 is 0. The van der Waals surface area contributed by atoms with Gasteiger partial charge in [-0.15, -0.1) is 0 Å². The highest BCUT2D eigenvalue weighted by molar-refractivity contribution is 5.64. The molecule has 3 heteroatoms. The Labute approximate surface area is 148 Å². The minimum atomic E-state index is -0.311. The third-order valence-corrected chi connectivity index (χ3v) is 5.04. The Morgan fingerprint density at radius 1 is 0.840 bits per heavy atom. The highest BCUT2D eigenvalue weighted by atomic mass is 19.1. The van der Waals surface area contributed by atoms with Crippen LogP contribution >= 0.6 is 0 Å². The van der Waals surface area contributed by atoms with Crippen molar-refractivity contribution in [3.8, 4) is 23.0 Å². The van der Waals surface area contributed by atoms with Crippen molar-refractivity contribution >= 4 is 0 Å². The first kappa shape index (κ1) is 16.3. The Kier molecular flexibility index (Phi) is 4.57. The van der Waals surface area contributed by atoms with Crippen LogP contribution in [0.1, 0.15) is 31.2 Å². The molecule has 0 unspecified atom stereocenters. The SMILES string of the molecule is Fc1ccc(-c2ccc(C#CC3CCC4(CC3)OCCO4)cc2)cc1. The number of rotatable bonds is 1. The summed E-state index contributed by atoms with van der Waals surface area (Å²) in [6.45, 7) is 1.44. The summed E-state index contributed by atoms with van der Waals surface area (Å²) in [5, 5.41) is 0. The topological polar surface area (TPSA) is 18.5 Å². The zero-order valence-electron chi connectivity index (χ0n) is 14.1. The van der Waals surface area contributed by atoms with Crippen molar-refractivity contribution in [1.82, 2.24) is 0 Å². The lowest BCUT2D eigenvalue weighted by Crippen LogP contribution is -2.34. The van der Waals surface area contributed by atoms with E-state index in [2.05, 4.69) is 11.8 Å². The summed E-state index contributed by atoms with van der Waals surface area (Å²) in [7, 11) is 0. The quantitative estimate of drug-likeness (QED) is 0.698. The second-order valence-corrected chi connectivity index (χ2v) is 6.74. The molecule has 1 saturated carbocycles. The first-order chi connectivity index (χ1) is 12.2. The largest absolute Gasteiger partial charge is 0.348 e. The molecule has 2 fully saturated rings. The van der Waals surface area contributed by atoms with Gasteiger partial charge in [0.05, 0.1) is 13.2 Å². The van der Waals surface area contributed by atoms with E-state index in [-0.39, 0.29) is 11.6 Å². The van der Waals surface area contributed by atoms with Crippen molar-refractivity contribution in [3.63, 3.8) is 0 Å². The van der Waals surface area contributed by atoms with Crippen LogP contribution in [0.15, 0.2) is 48.5 Å². The third kappa shape index (κ3) is 3.76. The molecule has 25 heavy (non-hydrogen) atoms. The fraction of sp³-hybridized carbons (Fsp3) is 0.364. The zero-order chi connectivity index (χ0) is 17.1. The Morgan fingerprint density at radius 3 is 2.00 bits per heavy atom. The maximum absolute atomic E-state index is 13.0. The standard InChI is InChI=1S/C22H21FO2/c23-21-9-7-20(8-10-21)19-5-3-17(4-6-19)1-2-18-11-13-22(14-12-18)24-15-16-25-22/h3-10,18H,11-16H2. The van der Waals surface area contributed by atoms with Gasteiger partial charge in [-0.05, 0) is 48.2 Å². The van der Waals surface area contributed by atoms with Gasteiger partial charge in [0.25, 0.3) is 0 Å². The molecule has 4 rings (SSSR count). The molecule has 0 amide bonds. The van der Waals surface area contributed by atoms with E-state index in [1.807, 2.05) is 24.3 Å². The molecule has 0 bridgehead atoms. The minimum absolute atomic E-state index is 0.214. The van der Waals surface area contributed by atoms with Crippen molar-refractivity contribution in [2.75, 3.05) is 13.2 Å². The molecule has 1 saturated heterocycles. The number of ether oxygens (including phenoxy) is 2. The normalized spacial score (nSPS) is 19.6. The summed E-state index contributed by atoms with van der Waals surface area (Å²) < 4.78 is 24.5. The van der Waals surface area contributed by atoms with E-state index in [1.54, 1.807) is 12.1 Å². The molecular weight excluding hydrogens is 315 g/mol. The van der Waals surface area contributed by atoms with Crippen LogP contribution in [0.5, 0.6) is 0 Å². The first-order valence-electron chi connectivity index (χ1n) is 8.88. The van der Waals surface area contributed by atoms with Crippen molar-refractivity contribution in [2.45, 2.75) is 31.5 Å². The Balaban J connectivity index is 1.39. The van der Waals surface area contributed by atoms with Crippen LogP contribution in [0.4, 0.5) is 4.39 Å². The molecule has 0 radical (unpaired) electrons. The van der Waals surface area contributed by atoms with E-state index in [4.69, 9.17) is 9.47 Å². The third-order valence-electron chi connectivity index (χ3n) is 5.04. The highest BCUT2D eigenvalue weighted by Crippen LogP contribution is 2.38. The molecule has 2 aromatic rings. The van der Waals surface area contributed by atoms with Crippen LogP contribution in [0.3, 0.4) is 0 Å². The number of hydrogen-bond donors (Lipinski definition) is 0. The van der Waals surface area contributed by atoms with Crippen LogP contribution in [-0.2, 0) is 9.47 Å². The van der Waals surface area contributed by atoms with Gasteiger partial charge in [-0.1, -0.05) is 36.1 Å². The molecule has 0 aromatic heterocycles. The van der Waals surface area contributed by atoms with E-state index in [0.717, 1.165) is 55.6 Å². The second kappa shape index (κ2) is 7.00. The molecule has 2 nitrogen and oxygen atoms in total. The van der Waals surface area contributed by atoms with Gasteiger partial charge < -0.3 is 9.47 Å². The maximum atomic E-state index is 13.0. The molecule has 1 aliphatic carbocycles. The minimum Gasteiger partial charge on any atom is -0.348 e. The molecule has 128 valence electrons. The van der Waals surface area contributed by atoms with E-state index in [1.165, 1.54) is 12.1 Å². The van der Waals surface area contributed by atoms with Gasteiger partial charge in [0.1, 0.15) is 5.82 Å². The average molecular weight is 336 g/mol. The van der Waals surface area contributed by atoms with E-state index < -0.39 is 0 Å². The van der Waals surface area contributed by atoms with Crippen LogP contribution in [-0.4, -0.2) is 19.0 Å². The Bertz CT molecular complexity index is 768. The molecule has 1 aliphatic heterocycles. The van der Waals surface area contributed by atoms with Crippen molar-refractivity contribution in [2.24, 2.45) is 5.92 Å². The Morgan fingerprint density at radius 2 is 1.40 bits per heavy atom. The molecule has 2 aliphatic rings. The van der Waals surface area contributed by atoms with Gasteiger partial charge in [0.2, 0.25) is 0 Å². The fourth-order valence-corrected chi connectivity index (χ4v) is 3.56. The summed E-state index contributed by atoms with van der Waals surface area (Å²) in [6, 6.07) is 14.7. The number of halogens is 1. The van der Waals surface area contributed by atoms with E-state index in [0.29, 0.717) is 5.92 Å². The van der Waals surface area contributed by atoms with Gasteiger partial charge in [-0.3, -0.25) is 0 Å². The van der Waals surface area contributed by atoms with Crippen LogP contribution in [0.25, 0.3) is 11.1 Å². The van der Waals surface area contributed by atoms with Crippen LogP contribution in [0, 0.1) is 23.6 Å². The van der Waals surface area contributed by atoms with Crippen LogP contribution < -0.4 is 0 Å². The number of benzene rings is 2. The second-order valence-electron chi connectivity index (χ2n) is 6.74. The molecule has 2 aromatic carbocycles. The first-order valence-corrected chi connectivity index (χ1v) is 8.88. The van der Waals surface area contributed by atoms with Crippen LogP contribution in [0.2, 0.25) is 0 Å². The summed E-state index contributed by atoms with van der Waals surface area (Å²) in [5.74, 6) is 6.58. The zero-order valence-corrected chi connectivity index (χ0v) is 14.1. The van der Waals surface area contributed by atoms with Gasteiger partial charge in [-0.2, -0.15) is 0 Å². The van der Waals surface area contributed by atoms with Gasteiger partial charge in [-0.25, -0.2) is 4.39 Å². The molecule has 1 spiro atoms. The lowest BCUT2D eigenvalue weighted by Gasteiger charge is -2.33. The lowest BCUT2D eigenvalue weighted by atomic mass is 9.85. The van der Waals surface area contributed by atoms with Gasteiger partial charge in [0.15, 0.2) is 5.79 Å². The van der Waals surface area contributed by atoms with Gasteiger partial charge in [0, 0.05) is 24.3 Å². The molecular formula is C22H21FO2. The van der Waals surface area contributed by atoms with Crippen molar-refractivity contribution < 1.29 is 13.9 Å². The molecule has 0 N–H and O–H groups in total. The predicted octanol–water partition coefficient (Wildman–Crippen LogP) is 4.78. The lowest BCUT2D eigenvalue weighted by molar-refractivity contribution is -0.180. The van der Waals surface area contributed by atoms with Crippen molar-refractivity contribution in [3.05, 3.63) is 59.9 Å². The predicted molar refractivity (Wildman–Crippen MR) is 95.3 cm³/mol. The van der Waals surface area contributed by atoms with Gasteiger partial charge >= 0.3 is 0 Å². The smallest absolute Gasteiger partial charge is 0.168 e. The monoisotopic (exact) mass is 336 g/mol. The average Bonchev–Trinajstić information content (AvgIpc) is 3.11. The molecule has 1 heterocycles. The molecule has 0 atom stereocenters. The Hall–Kier alpha value is -2.15. The highest BCUT2D eigenvalue weighted by Gasteiger charge is 2.39. The summed E-state index contributed by atoms with van der Waals surface area (Å²) in [4.78, 5) is 0. The van der Waals surface area contributed by atoms with Crippen molar-refractivity contribution in [1.29, 1.82) is 0 Å². The summed E-state index contributed by atoms with van der Waals surface area (Å²) in [5.41, 5.74) is 3.09. The summed E-state index contributed by atoms with van der Waals surface area (Å²) in [6.07, 6.45) is 3.94. The maximum Gasteiger partial charge on any atom is 0.168 e. The van der Waals surface area contributed by atoms with E-state index in [9.17, 15) is 4.39 Å². The van der Waals surface area contributed by atoms with E-state index >= 15 is 0 Å².